The SMILES string of the molecule is [2H]C1(NC(=O)OC)CC[C@@H](n2c(=O)n(C([2H])([2H])[2H])c3cnc(N)cc32)C1. The second kappa shape index (κ2) is 5.36. The first-order valence-corrected chi connectivity index (χ1v) is 6.81. The normalized spacial score (nSPS) is 27.8. The van der Waals surface area contributed by atoms with Crippen molar-refractivity contribution in [2.45, 2.75) is 31.3 Å². The third-order valence-electron chi connectivity index (χ3n) is 3.87. The Bertz CT molecular complexity index is 922. The first-order chi connectivity index (χ1) is 12.1. The Morgan fingerprint density at radius 2 is 2.41 bits per heavy atom. The van der Waals surface area contributed by atoms with E-state index in [2.05, 4.69) is 15.0 Å². The van der Waals surface area contributed by atoms with Crippen LogP contribution in [0.3, 0.4) is 0 Å². The fourth-order valence-electron chi connectivity index (χ4n) is 2.84. The number of anilines is 1. The van der Waals surface area contributed by atoms with Crippen molar-refractivity contribution in [2.75, 3.05) is 12.8 Å². The standard InChI is InChI=1S/C14H19N5O3/c1-18-11-7-16-12(15)6-10(11)19(14(18)21)9-4-3-8(5-9)17-13(20)22-2/h6-9H,3-5H2,1-2H3,(H2,15,16)(H,17,20)/t8?,9-/m1/s1/i1D3,8D. The lowest BCUT2D eigenvalue weighted by atomic mass is 10.2. The number of ether oxygens (including phenoxy) is 1. The molecule has 0 aliphatic heterocycles. The first kappa shape index (κ1) is 10.3. The average Bonchev–Trinajstić information content (AvgIpc) is 3.03. The van der Waals surface area contributed by atoms with Gasteiger partial charge in [0.05, 0.1) is 25.7 Å². The van der Waals surface area contributed by atoms with Gasteiger partial charge in [0.25, 0.3) is 0 Å². The number of nitrogens with two attached hydrogens (primary N) is 1. The van der Waals surface area contributed by atoms with Crippen molar-refractivity contribution < 1.29 is 15.0 Å². The number of methoxy groups -OCH3 is 1. The number of carbonyl (C=O) groups excluding carboxylic acids is 1. The molecule has 1 saturated carbocycles. The molecule has 8 nitrogen and oxygen atoms in total. The molecule has 1 amide bonds. The Balaban J connectivity index is 2.09. The minimum atomic E-state index is -2.68. The number of hydrogen-bond donors (Lipinski definition) is 2. The lowest BCUT2D eigenvalue weighted by Gasteiger charge is -2.14. The summed E-state index contributed by atoms with van der Waals surface area (Å²) in [7, 11) is 1.20. The Morgan fingerprint density at radius 1 is 1.59 bits per heavy atom. The zero-order chi connectivity index (χ0) is 19.3. The molecule has 118 valence electrons. The summed E-state index contributed by atoms with van der Waals surface area (Å²) < 4.78 is 37.9. The van der Waals surface area contributed by atoms with Gasteiger partial charge in [-0.3, -0.25) is 9.13 Å². The Morgan fingerprint density at radius 3 is 3.14 bits per heavy atom. The van der Waals surface area contributed by atoms with Crippen LogP contribution in [-0.4, -0.2) is 33.3 Å². The lowest BCUT2D eigenvalue weighted by Crippen LogP contribution is -2.33. The van der Waals surface area contributed by atoms with Crippen LogP contribution in [0.4, 0.5) is 10.6 Å². The van der Waals surface area contributed by atoms with Crippen molar-refractivity contribution in [3.05, 3.63) is 22.7 Å². The van der Waals surface area contributed by atoms with E-state index in [-0.39, 0.29) is 17.8 Å². The zero-order valence-electron chi connectivity index (χ0n) is 16.0. The molecular formula is C14H19N5O3. The molecule has 1 fully saturated rings. The van der Waals surface area contributed by atoms with Crippen LogP contribution in [0.25, 0.3) is 11.0 Å². The van der Waals surface area contributed by atoms with Gasteiger partial charge in [0.2, 0.25) is 0 Å². The Hall–Kier alpha value is -2.51. The molecule has 2 heterocycles. The topological polar surface area (TPSA) is 104 Å². The van der Waals surface area contributed by atoms with Gasteiger partial charge in [-0.1, -0.05) is 0 Å². The average molecular weight is 309 g/mol. The number of aryl methyl sites for hydroxylation is 1. The highest BCUT2D eigenvalue weighted by atomic mass is 16.5. The number of fused-ring (bicyclic) bond motifs is 1. The highest BCUT2D eigenvalue weighted by Gasteiger charge is 2.30. The van der Waals surface area contributed by atoms with Gasteiger partial charge in [-0.05, 0) is 19.3 Å². The van der Waals surface area contributed by atoms with Crippen molar-refractivity contribution >= 4 is 22.9 Å². The minimum absolute atomic E-state index is 0.129. The number of hydrogen-bond acceptors (Lipinski definition) is 5. The molecule has 2 atom stereocenters. The molecule has 0 spiro atoms. The van der Waals surface area contributed by atoms with Crippen LogP contribution in [0.1, 0.15) is 30.8 Å². The number of nitrogen functional groups attached to an aromatic ring is 1. The molecule has 3 N–H and O–H groups in total. The van der Waals surface area contributed by atoms with Gasteiger partial charge in [0.15, 0.2) is 0 Å². The van der Waals surface area contributed by atoms with E-state index in [9.17, 15) is 9.59 Å². The summed E-state index contributed by atoms with van der Waals surface area (Å²) in [6, 6.07) is -0.328. The number of aromatic nitrogens is 3. The fraction of sp³-hybridized carbons (Fsp3) is 0.500. The molecule has 1 aliphatic rings. The molecular weight excluding hydrogens is 286 g/mol. The number of rotatable bonds is 2. The maximum absolute atomic E-state index is 12.8. The number of amides is 1. The molecule has 2 aromatic heterocycles. The number of imidazole rings is 1. The van der Waals surface area contributed by atoms with Gasteiger partial charge in [0.1, 0.15) is 5.82 Å². The molecule has 0 radical (unpaired) electrons. The number of alkyl carbamates (subject to hydrolysis) is 1. The van der Waals surface area contributed by atoms with E-state index >= 15 is 0 Å². The van der Waals surface area contributed by atoms with Gasteiger partial charge < -0.3 is 15.8 Å². The molecule has 0 aromatic carbocycles. The summed E-state index contributed by atoms with van der Waals surface area (Å²) in [4.78, 5) is 28.2. The largest absolute Gasteiger partial charge is 0.453 e. The third kappa shape index (κ3) is 2.30. The van der Waals surface area contributed by atoms with Crippen molar-refractivity contribution in [3.63, 3.8) is 0 Å². The quantitative estimate of drug-likeness (QED) is 0.852. The van der Waals surface area contributed by atoms with Crippen LogP contribution in [0, 0.1) is 0 Å². The maximum Gasteiger partial charge on any atom is 0.407 e. The molecule has 3 rings (SSSR count). The highest BCUT2D eigenvalue weighted by molar-refractivity contribution is 5.77. The van der Waals surface area contributed by atoms with E-state index in [1.807, 2.05) is 0 Å². The minimum Gasteiger partial charge on any atom is -0.453 e. The van der Waals surface area contributed by atoms with E-state index in [1.54, 1.807) is 0 Å². The van der Waals surface area contributed by atoms with Crippen LogP contribution < -0.4 is 16.7 Å². The van der Waals surface area contributed by atoms with Gasteiger partial charge in [0, 0.05) is 29.2 Å². The van der Waals surface area contributed by atoms with E-state index in [1.165, 1.54) is 23.9 Å². The summed E-state index contributed by atoms with van der Waals surface area (Å²) in [5, 5.41) is 2.46. The second-order valence-corrected chi connectivity index (χ2v) is 5.20. The van der Waals surface area contributed by atoms with E-state index in [0.29, 0.717) is 22.9 Å². The van der Waals surface area contributed by atoms with Crippen LogP contribution >= 0.6 is 0 Å². The zero-order valence-corrected chi connectivity index (χ0v) is 12.0. The number of carbonyl (C=O) groups is 1. The predicted molar refractivity (Wildman–Crippen MR) is 81.6 cm³/mol. The van der Waals surface area contributed by atoms with Crippen LogP contribution in [0.2, 0.25) is 0 Å². The third-order valence-corrected chi connectivity index (χ3v) is 3.87. The summed E-state index contributed by atoms with van der Waals surface area (Å²) in [5.41, 5.74) is 5.47. The first-order valence-electron chi connectivity index (χ1n) is 8.81. The monoisotopic (exact) mass is 309 g/mol. The van der Waals surface area contributed by atoms with Crippen molar-refractivity contribution in [3.8, 4) is 0 Å². The molecule has 8 heteroatoms. The maximum atomic E-state index is 12.8. The molecule has 1 aliphatic carbocycles. The number of pyridine rings is 1. The Kier molecular flexibility index (Phi) is 2.50. The smallest absolute Gasteiger partial charge is 0.407 e. The van der Waals surface area contributed by atoms with E-state index in [4.69, 9.17) is 11.2 Å². The van der Waals surface area contributed by atoms with Crippen LogP contribution in [-0.2, 0) is 11.7 Å². The second-order valence-electron chi connectivity index (χ2n) is 5.20. The molecule has 2 aromatic rings. The lowest BCUT2D eigenvalue weighted by molar-refractivity contribution is 0.166. The number of nitrogens with zero attached hydrogens (tertiary/aromatic N) is 3. The summed E-state index contributed by atoms with van der Waals surface area (Å²) in [5.74, 6) is 0.150. The molecule has 0 saturated heterocycles. The Labute approximate surface area is 132 Å². The van der Waals surface area contributed by atoms with Gasteiger partial charge >= 0.3 is 11.8 Å². The number of nitrogens with one attached hydrogen (secondary N) is 1. The van der Waals surface area contributed by atoms with E-state index in [0.717, 1.165) is 0 Å². The molecule has 1 unspecified atom stereocenters. The fourth-order valence-corrected chi connectivity index (χ4v) is 2.84. The summed E-state index contributed by atoms with van der Waals surface area (Å²) in [6.45, 7) is -2.68. The van der Waals surface area contributed by atoms with Gasteiger partial charge in [-0.25, -0.2) is 14.6 Å². The van der Waals surface area contributed by atoms with Crippen LogP contribution in [0.5, 0.6) is 0 Å². The van der Waals surface area contributed by atoms with Crippen LogP contribution in [0.15, 0.2) is 17.1 Å². The van der Waals surface area contributed by atoms with Gasteiger partial charge in [-0.2, -0.15) is 0 Å². The van der Waals surface area contributed by atoms with Crippen molar-refractivity contribution in [1.29, 1.82) is 0 Å². The summed E-state index contributed by atoms with van der Waals surface area (Å²) >= 11 is 0. The van der Waals surface area contributed by atoms with Gasteiger partial charge in [-0.15, -0.1) is 0 Å². The van der Waals surface area contributed by atoms with Crippen molar-refractivity contribution in [1.82, 2.24) is 19.4 Å². The van der Waals surface area contributed by atoms with E-state index < -0.39 is 30.8 Å². The summed E-state index contributed by atoms with van der Waals surface area (Å²) in [6.07, 6.45) is 1.36. The predicted octanol–water partition coefficient (Wildman–Crippen LogP) is 0.767. The van der Waals surface area contributed by atoms with Crippen molar-refractivity contribution in [2.24, 2.45) is 6.98 Å². The molecule has 22 heavy (non-hydrogen) atoms. The molecule has 0 bridgehead atoms. The highest BCUT2D eigenvalue weighted by Crippen LogP contribution is 2.31.